The predicted octanol–water partition coefficient (Wildman–Crippen LogP) is 6.16. The van der Waals surface area contributed by atoms with E-state index in [1.165, 1.54) is 6.08 Å². The Labute approximate surface area is 130 Å². The topological polar surface area (TPSA) is 17.1 Å². The SMILES string of the molecule is [2H]C(/C=C\CC)/C=C\C([2H])([2H])/C=C\CCCCCCCC(C)=O. The Morgan fingerprint density at radius 1 is 0.900 bits per heavy atom. The van der Waals surface area contributed by atoms with Crippen molar-refractivity contribution in [3.05, 3.63) is 36.5 Å². The summed E-state index contributed by atoms with van der Waals surface area (Å²) in [6.07, 6.45) is 16.1. The second kappa shape index (κ2) is 15.9. The molecule has 1 atom stereocenters. The molecular formula is C19H32O. The van der Waals surface area contributed by atoms with Crippen LogP contribution >= 0.6 is 0 Å². The largest absolute Gasteiger partial charge is 0.300 e. The Kier molecular flexibility index (Phi) is 11.0. The molecule has 114 valence electrons. The van der Waals surface area contributed by atoms with Gasteiger partial charge in [0, 0.05) is 10.5 Å². The summed E-state index contributed by atoms with van der Waals surface area (Å²) >= 11 is 0. The molecule has 0 aromatic carbocycles. The van der Waals surface area contributed by atoms with E-state index in [2.05, 4.69) is 0 Å². The minimum atomic E-state index is -1.49. The van der Waals surface area contributed by atoms with Crippen molar-refractivity contribution in [1.29, 1.82) is 0 Å². The molecule has 0 aliphatic carbocycles. The van der Waals surface area contributed by atoms with E-state index in [1.807, 2.05) is 19.1 Å². The van der Waals surface area contributed by atoms with Gasteiger partial charge in [-0.2, -0.15) is 0 Å². The summed E-state index contributed by atoms with van der Waals surface area (Å²) < 4.78 is 23.4. The summed E-state index contributed by atoms with van der Waals surface area (Å²) in [4.78, 5) is 10.8. The monoisotopic (exact) mass is 279 g/mol. The highest BCUT2D eigenvalue weighted by atomic mass is 16.1. The zero-order valence-corrected chi connectivity index (χ0v) is 13.1. The van der Waals surface area contributed by atoms with Crippen molar-refractivity contribution in [3.8, 4) is 0 Å². The maximum atomic E-state index is 10.8. The number of hydrogen-bond acceptors (Lipinski definition) is 1. The van der Waals surface area contributed by atoms with Crippen molar-refractivity contribution >= 4 is 5.78 Å². The van der Waals surface area contributed by atoms with Gasteiger partial charge in [0.05, 0.1) is 0 Å². The first-order valence-electron chi connectivity index (χ1n) is 9.40. The second-order valence-electron chi connectivity index (χ2n) is 4.97. The van der Waals surface area contributed by atoms with Crippen molar-refractivity contribution in [2.45, 2.75) is 78.0 Å². The predicted molar refractivity (Wildman–Crippen MR) is 89.9 cm³/mol. The summed E-state index contributed by atoms with van der Waals surface area (Å²) in [5.74, 6) is 0.267. The molecule has 0 aliphatic rings. The summed E-state index contributed by atoms with van der Waals surface area (Å²) in [7, 11) is 0. The van der Waals surface area contributed by atoms with Gasteiger partial charge in [0.1, 0.15) is 5.78 Å². The second-order valence-corrected chi connectivity index (χ2v) is 4.97. The fourth-order valence-corrected chi connectivity index (χ4v) is 1.76. The van der Waals surface area contributed by atoms with Gasteiger partial charge in [0.25, 0.3) is 0 Å². The normalized spacial score (nSPS) is 16.6. The Hall–Kier alpha value is -1.11. The first-order chi connectivity index (χ1) is 10.9. The van der Waals surface area contributed by atoms with Crippen LogP contribution in [0.2, 0.25) is 0 Å². The van der Waals surface area contributed by atoms with Gasteiger partial charge in [-0.1, -0.05) is 62.6 Å². The van der Waals surface area contributed by atoms with E-state index < -0.39 is 12.8 Å². The highest BCUT2D eigenvalue weighted by Crippen LogP contribution is 2.08. The molecule has 0 bridgehead atoms. The number of carbonyl (C=O) groups is 1. The number of ketones is 1. The molecule has 0 aromatic rings. The molecule has 0 fully saturated rings. The summed E-state index contributed by atoms with van der Waals surface area (Å²) in [6.45, 7) is 3.65. The van der Waals surface area contributed by atoms with E-state index in [0.717, 1.165) is 44.9 Å². The summed E-state index contributed by atoms with van der Waals surface area (Å²) in [6, 6.07) is 0. The third-order valence-corrected chi connectivity index (χ3v) is 2.90. The zero-order valence-electron chi connectivity index (χ0n) is 16.1. The molecule has 0 radical (unpaired) electrons. The Morgan fingerprint density at radius 2 is 1.55 bits per heavy atom. The smallest absolute Gasteiger partial charge is 0.129 e. The maximum absolute atomic E-state index is 10.8. The molecule has 1 unspecified atom stereocenters. The van der Waals surface area contributed by atoms with Crippen molar-refractivity contribution in [2.24, 2.45) is 0 Å². The molecule has 0 rings (SSSR count). The molecule has 0 heterocycles. The molecule has 0 spiro atoms. The first-order valence-corrected chi connectivity index (χ1v) is 7.83. The molecule has 0 amide bonds. The molecule has 1 nitrogen and oxygen atoms in total. The third kappa shape index (κ3) is 16.9. The van der Waals surface area contributed by atoms with Gasteiger partial charge < -0.3 is 4.79 Å². The number of Topliss-reactive ketones (excluding diaryl/α,β-unsaturated/α-hetero) is 1. The number of allylic oxidation sites excluding steroid dienone is 6. The van der Waals surface area contributed by atoms with Crippen LogP contribution in [-0.2, 0) is 4.79 Å². The number of unbranched alkanes of at least 4 members (excludes halogenated alkanes) is 5. The van der Waals surface area contributed by atoms with Crippen LogP contribution in [0, 0.1) is 0 Å². The number of carbonyl (C=O) groups excluding carboxylic acids is 1. The fraction of sp³-hybridized carbons (Fsp3) is 0.632. The van der Waals surface area contributed by atoms with Crippen molar-refractivity contribution < 1.29 is 8.91 Å². The van der Waals surface area contributed by atoms with E-state index in [1.54, 1.807) is 25.2 Å². The van der Waals surface area contributed by atoms with Gasteiger partial charge in [0.15, 0.2) is 0 Å². The zero-order chi connectivity index (χ0) is 17.6. The summed E-state index contributed by atoms with van der Waals surface area (Å²) in [5.41, 5.74) is 0. The van der Waals surface area contributed by atoms with Gasteiger partial charge in [-0.3, -0.25) is 0 Å². The van der Waals surface area contributed by atoms with Crippen molar-refractivity contribution in [3.63, 3.8) is 0 Å². The van der Waals surface area contributed by atoms with E-state index in [0.29, 0.717) is 6.42 Å². The van der Waals surface area contributed by atoms with Crippen LogP contribution in [0.4, 0.5) is 0 Å². The van der Waals surface area contributed by atoms with Crippen molar-refractivity contribution in [2.75, 3.05) is 0 Å². The van der Waals surface area contributed by atoms with Crippen LogP contribution in [0.5, 0.6) is 0 Å². The molecular weight excluding hydrogens is 244 g/mol. The fourth-order valence-electron chi connectivity index (χ4n) is 1.76. The Balaban J connectivity index is 3.85. The molecule has 1 heteroatoms. The molecule has 0 aliphatic heterocycles. The maximum Gasteiger partial charge on any atom is 0.129 e. The number of rotatable bonds is 13. The van der Waals surface area contributed by atoms with Crippen LogP contribution in [0.3, 0.4) is 0 Å². The van der Waals surface area contributed by atoms with Gasteiger partial charge in [-0.05, 0) is 45.4 Å². The molecule has 0 N–H and O–H groups in total. The van der Waals surface area contributed by atoms with E-state index in [9.17, 15) is 4.79 Å². The lowest BCUT2D eigenvalue weighted by atomic mass is 10.1. The Morgan fingerprint density at radius 3 is 2.30 bits per heavy atom. The highest BCUT2D eigenvalue weighted by Gasteiger charge is 1.93. The van der Waals surface area contributed by atoms with Gasteiger partial charge in [-0.15, -0.1) is 0 Å². The minimum Gasteiger partial charge on any atom is -0.300 e. The number of hydrogen-bond donors (Lipinski definition) is 0. The van der Waals surface area contributed by atoms with Gasteiger partial charge in [-0.25, -0.2) is 0 Å². The lowest BCUT2D eigenvalue weighted by Gasteiger charge is -1.98. The minimum absolute atomic E-state index is 0.267. The lowest BCUT2D eigenvalue weighted by molar-refractivity contribution is -0.117. The van der Waals surface area contributed by atoms with E-state index in [4.69, 9.17) is 4.11 Å². The lowest BCUT2D eigenvalue weighted by Crippen LogP contribution is -1.89. The quantitative estimate of drug-likeness (QED) is 0.291. The summed E-state index contributed by atoms with van der Waals surface area (Å²) in [5, 5.41) is 0. The molecule has 20 heavy (non-hydrogen) atoms. The van der Waals surface area contributed by atoms with Gasteiger partial charge >= 0.3 is 0 Å². The van der Waals surface area contributed by atoms with Crippen molar-refractivity contribution in [1.82, 2.24) is 0 Å². The molecule has 0 saturated carbocycles. The van der Waals surface area contributed by atoms with Crippen LogP contribution in [0.1, 0.15) is 82.1 Å². The first kappa shape index (κ1) is 13.9. The molecule has 0 saturated heterocycles. The van der Waals surface area contributed by atoms with E-state index in [-0.39, 0.29) is 5.78 Å². The van der Waals surface area contributed by atoms with Crippen LogP contribution in [-0.4, -0.2) is 5.78 Å². The average molecular weight is 279 g/mol. The van der Waals surface area contributed by atoms with E-state index >= 15 is 0 Å². The molecule has 0 aromatic heterocycles. The van der Waals surface area contributed by atoms with Crippen LogP contribution in [0.25, 0.3) is 0 Å². The highest BCUT2D eigenvalue weighted by molar-refractivity contribution is 5.75. The third-order valence-electron chi connectivity index (χ3n) is 2.90. The Bertz CT molecular complexity index is 397. The standard InChI is InChI=1S/C19H32O/c1-3-4-5-6-7-8-9-10-11-12-13-14-15-16-17-18-19(2)20/h4-5,7-8,10-11H,3,6,9,12-18H2,1-2H3/b5-4-,8-7-,11-10-/i6D,9D2. The average Bonchev–Trinajstić information content (AvgIpc) is 2.49. The van der Waals surface area contributed by atoms with Crippen LogP contribution < -0.4 is 0 Å². The van der Waals surface area contributed by atoms with Gasteiger partial charge in [0.2, 0.25) is 0 Å². The van der Waals surface area contributed by atoms with Crippen LogP contribution in [0.15, 0.2) is 36.5 Å².